The first kappa shape index (κ1) is 16.5. The van der Waals surface area contributed by atoms with E-state index >= 15 is 0 Å². The summed E-state index contributed by atoms with van der Waals surface area (Å²) >= 11 is 0. The van der Waals surface area contributed by atoms with Crippen LogP contribution in [-0.4, -0.2) is 39.1 Å². The van der Waals surface area contributed by atoms with Gasteiger partial charge in [-0.15, -0.1) is 0 Å². The highest BCUT2D eigenvalue weighted by Gasteiger charge is 2.19. The van der Waals surface area contributed by atoms with Crippen LogP contribution in [0.1, 0.15) is 53.4 Å². The second-order valence-corrected chi connectivity index (χ2v) is 4.07. The predicted molar refractivity (Wildman–Crippen MR) is 66.6 cm³/mol. The molecule has 0 aliphatic rings. The Kier molecular flexibility index (Phi) is 11.3. The Hall–Kier alpha value is 0.0249. The molecule has 0 aromatic rings. The smallest absolute Gasteiger partial charge is 0.0786 e. The lowest BCUT2D eigenvalue weighted by Crippen LogP contribution is -2.48. The summed E-state index contributed by atoms with van der Waals surface area (Å²) in [6, 6.07) is 0. The van der Waals surface area contributed by atoms with E-state index in [0.717, 1.165) is 0 Å². The molecule has 84 valence electrons. The summed E-state index contributed by atoms with van der Waals surface area (Å²) in [4.78, 5) is 0. The molecule has 2 heteroatoms. The van der Waals surface area contributed by atoms with E-state index in [0.29, 0.717) is 0 Å². The fraction of sp³-hybridized carbons (Fsp3) is 1.00. The van der Waals surface area contributed by atoms with Crippen LogP contribution in [0.3, 0.4) is 0 Å². The number of quaternary nitrogens is 1. The van der Waals surface area contributed by atoms with Crippen molar-refractivity contribution in [1.82, 2.24) is 0 Å². The minimum Gasteiger partial charge on any atom is -1.00 e. The van der Waals surface area contributed by atoms with Crippen LogP contribution in [0.15, 0.2) is 0 Å². The lowest BCUT2D eigenvalue weighted by Gasteiger charge is -2.35. The van der Waals surface area contributed by atoms with Gasteiger partial charge in [0.15, 0.2) is 0 Å². The molecule has 0 unspecified atom stereocenters. The van der Waals surface area contributed by atoms with E-state index in [1.54, 1.807) is 0 Å². The maximum absolute atomic E-state index is 2.33. The monoisotopic (exact) mass is 197 g/mol. The zero-order valence-corrected chi connectivity index (χ0v) is 10.7. The van der Waals surface area contributed by atoms with E-state index in [-0.39, 0.29) is 8.41 Å². The van der Waals surface area contributed by atoms with Crippen LogP contribution in [0.4, 0.5) is 0 Å². The number of rotatable bonds is 8. The van der Waals surface area contributed by atoms with Crippen molar-refractivity contribution >= 4 is 8.41 Å². The Morgan fingerprint density at radius 1 is 0.714 bits per heavy atom. The molecule has 14 heavy (non-hydrogen) atoms. The van der Waals surface area contributed by atoms with Gasteiger partial charge in [-0.25, -0.2) is 0 Å². The third kappa shape index (κ3) is 5.69. The van der Waals surface area contributed by atoms with Crippen molar-refractivity contribution in [3.8, 4) is 0 Å². The van der Waals surface area contributed by atoms with Gasteiger partial charge < -0.3 is 12.9 Å². The first-order valence-corrected chi connectivity index (χ1v) is 6.09. The van der Waals surface area contributed by atoms with E-state index < -0.39 is 0 Å². The number of nitrogens with zero attached hydrogens (tertiary/aromatic N) is 1. The lowest BCUT2D eigenvalue weighted by atomic mass is 10.2. The van der Waals surface area contributed by atoms with Gasteiger partial charge in [0.2, 0.25) is 0 Å². The van der Waals surface area contributed by atoms with Crippen LogP contribution in [0.2, 0.25) is 0 Å². The molecule has 0 saturated heterocycles. The van der Waals surface area contributed by atoms with Gasteiger partial charge >= 0.3 is 0 Å². The van der Waals surface area contributed by atoms with E-state index in [9.17, 15) is 0 Å². The summed E-state index contributed by atoms with van der Waals surface area (Å²) in [6.45, 7) is 14.6. The Morgan fingerprint density at radius 2 is 1.21 bits per heavy atom. The summed E-state index contributed by atoms with van der Waals surface area (Å²) in [6.07, 6.45) is 5.61. The van der Waals surface area contributed by atoms with E-state index in [4.69, 9.17) is 0 Å². The average molecular weight is 197 g/mol. The minimum atomic E-state index is 0. The van der Waals surface area contributed by atoms with Crippen molar-refractivity contribution in [2.24, 2.45) is 0 Å². The van der Waals surface area contributed by atoms with Crippen molar-refractivity contribution in [3.63, 3.8) is 0 Å². The molecule has 0 saturated carbocycles. The first-order chi connectivity index (χ1) is 6.24. The summed E-state index contributed by atoms with van der Waals surface area (Å²) in [7, 11) is 0. The number of hydrogen-bond acceptors (Lipinski definition) is 0. The molecule has 0 heterocycles. The molecular weight excluding hydrogens is 169 g/mol. The van der Waals surface area contributed by atoms with Gasteiger partial charge in [0.25, 0.3) is 0 Å². The van der Waals surface area contributed by atoms with Crippen molar-refractivity contribution in [2.75, 3.05) is 26.2 Å². The molecule has 0 aromatic carbocycles. The maximum atomic E-state index is 2.33. The highest BCUT2D eigenvalue weighted by Crippen LogP contribution is 2.10. The van der Waals surface area contributed by atoms with Crippen LogP contribution in [0.5, 0.6) is 0 Å². The molecule has 0 rings (SSSR count). The van der Waals surface area contributed by atoms with Crippen molar-refractivity contribution in [1.29, 1.82) is 0 Å². The highest BCUT2D eigenvalue weighted by molar-refractivity contribution is 5.75. The Morgan fingerprint density at radius 3 is 1.57 bits per heavy atom. The molecule has 0 spiro atoms. The van der Waals surface area contributed by atoms with Crippen LogP contribution in [-0.2, 0) is 0 Å². The molecule has 4 radical (unpaired) electrons. The van der Waals surface area contributed by atoms with Gasteiger partial charge in [-0.05, 0) is 33.6 Å². The Labute approximate surface area is 93.0 Å². The number of hydrogen-bond donors (Lipinski definition) is 0. The summed E-state index contributed by atoms with van der Waals surface area (Å²) in [5, 5.41) is 0. The molecular formula is C12H28BN. The van der Waals surface area contributed by atoms with E-state index in [1.165, 1.54) is 56.3 Å². The predicted octanol–water partition coefficient (Wildman–Crippen LogP) is 3.06. The van der Waals surface area contributed by atoms with Gasteiger partial charge in [0.1, 0.15) is 0 Å². The molecule has 0 aromatic heterocycles. The van der Waals surface area contributed by atoms with Gasteiger partial charge in [0.05, 0.1) is 26.2 Å². The molecule has 0 bridgehead atoms. The van der Waals surface area contributed by atoms with E-state index in [1.807, 2.05) is 0 Å². The van der Waals surface area contributed by atoms with Crippen LogP contribution >= 0.6 is 0 Å². The van der Waals surface area contributed by atoms with Crippen LogP contribution in [0, 0.1) is 0 Å². The Bertz CT molecular complexity index is 103. The van der Waals surface area contributed by atoms with Gasteiger partial charge in [-0.1, -0.05) is 19.8 Å². The summed E-state index contributed by atoms with van der Waals surface area (Å²) in [5.74, 6) is 0. The largest absolute Gasteiger partial charge is 1.00 e. The van der Waals surface area contributed by atoms with E-state index in [2.05, 4.69) is 27.7 Å². The standard InChI is InChI=1S/C12H28N.B/c1-5-9-10-11-12-13(6-2,7-3)8-4;/h5-12H2,1-4H3;/q+1;-1. The minimum absolute atomic E-state index is 0. The zero-order valence-electron chi connectivity index (χ0n) is 10.7. The molecule has 1 nitrogen and oxygen atoms in total. The second kappa shape index (κ2) is 9.58. The van der Waals surface area contributed by atoms with Gasteiger partial charge in [-0.2, -0.15) is 0 Å². The van der Waals surface area contributed by atoms with Gasteiger partial charge in [0, 0.05) is 0 Å². The first-order valence-electron chi connectivity index (χ1n) is 6.09. The molecule has 0 aliphatic heterocycles. The zero-order chi connectivity index (χ0) is 10.2. The fourth-order valence-electron chi connectivity index (χ4n) is 2.02. The van der Waals surface area contributed by atoms with Crippen molar-refractivity contribution < 1.29 is 4.48 Å². The normalized spacial score (nSPS) is 11.1. The molecule has 0 fully saturated rings. The summed E-state index contributed by atoms with van der Waals surface area (Å²) < 4.78 is 1.32. The fourth-order valence-corrected chi connectivity index (χ4v) is 2.02. The quantitative estimate of drug-likeness (QED) is 0.318. The number of unbranched alkanes of at least 4 members (excludes halogenated alkanes) is 3. The third-order valence-corrected chi connectivity index (χ3v) is 3.50. The lowest BCUT2D eigenvalue weighted by molar-refractivity contribution is -0.923. The van der Waals surface area contributed by atoms with Gasteiger partial charge in [-0.3, -0.25) is 0 Å². The summed E-state index contributed by atoms with van der Waals surface area (Å²) in [5.41, 5.74) is 0. The topological polar surface area (TPSA) is 0 Å². The SMILES string of the molecule is CCCCCC[N+](CC)(CC)CC.[B-]. The molecule has 0 aliphatic carbocycles. The Balaban J connectivity index is 0. The molecule has 0 atom stereocenters. The average Bonchev–Trinajstić information content (AvgIpc) is 2.20. The molecule has 0 N–H and O–H groups in total. The molecule has 0 amide bonds. The maximum Gasteiger partial charge on any atom is 0.0786 e. The highest BCUT2D eigenvalue weighted by atomic mass is 15.3. The van der Waals surface area contributed by atoms with Crippen molar-refractivity contribution in [2.45, 2.75) is 53.4 Å². The van der Waals surface area contributed by atoms with Crippen LogP contribution < -0.4 is 0 Å². The third-order valence-electron chi connectivity index (χ3n) is 3.50. The van der Waals surface area contributed by atoms with Crippen molar-refractivity contribution in [3.05, 3.63) is 0 Å². The van der Waals surface area contributed by atoms with Crippen LogP contribution in [0.25, 0.3) is 0 Å². The second-order valence-electron chi connectivity index (χ2n) is 4.07.